The average molecular weight is 430 g/mol. The number of aliphatic hydroxyl groups excluding tert-OH is 1. The van der Waals surface area contributed by atoms with Crippen molar-refractivity contribution in [1.82, 2.24) is 9.88 Å². The smallest absolute Gasteiger partial charge is 0.295 e. The standard InChI is InChI=1S/C25H22N2O5/c1-31-19-8-6-17(7-9-19)22-21(23(28)18-4-3-5-20(14-18)32-2)24(29)25(30)27(22)15-16-10-12-26-13-11-16/h3-14,22,28H,15H2,1-2H3. The molecule has 2 heterocycles. The molecule has 1 atom stereocenters. The van der Waals surface area contributed by atoms with Gasteiger partial charge in [0.25, 0.3) is 11.7 Å². The predicted molar refractivity (Wildman–Crippen MR) is 118 cm³/mol. The molecule has 1 fully saturated rings. The first-order chi connectivity index (χ1) is 15.5. The van der Waals surface area contributed by atoms with Gasteiger partial charge in [0, 0.05) is 24.5 Å². The minimum atomic E-state index is -0.764. The zero-order valence-corrected chi connectivity index (χ0v) is 17.7. The number of aromatic nitrogens is 1. The van der Waals surface area contributed by atoms with Crippen LogP contribution in [0.25, 0.3) is 5.76 Å². The van der Waals surface area contributed by atoms with E-state index in [-0.39, 0.29) is 17.9 Å². The number of ether oxygens (including phenoxy) is 2. The van der Waals surface area contributed by atoms with Gasteiger partial charge in [-0.2, -0.15) is 0 Å². The molecule has 1 saturated heterocycles. The maximum atomic E-state index is 13.1. The molecule has 1 amide bonds. The lowest BCUT2D eigenvalue weighted by atomic mass is 9.95. The molecule has 7 heteroatoms. The van der Waals surface area contributed by atoms with Crippen LogP contribution in [0.3, 0.4) is 0 Å². The fourth-order valence-corrected chi connectivity index (χ4v) is 3.79. The average Bonchev–Trinajstić information content (AvgIpc) is 3.09. The maximum absolute atomic E-state index is 13.1. The Bertz CT molecular complexity index is 1170. The fraction of sp³-hybridized carbons (Fsp3) is 0.160. The minimum absolute atomic E-state index is 0.0301. The number of methoxy groups -OCH3 is 2. The van der Waals surface area contributed by atoms with Gasteiger partial charge in [-0.15, -0.1) is 0 Å². The summed E-state index contributed by atoms with van der Waals surface area (Å²) in [5, 5.41) is 11.1. The molecule has 4 rings (SSSR count). The summed E-state index contributed by atoms with van der Waals surface area (Å²) in [4.78, 5) is 31.6. The van der Waals surface area contributed by atoms with Crippen molar-refractivity contribution in [2.75, 3.05) is 14.2 Å². The third-order valence-electron chi connectivity index (χ3n) is 5.42. The molecule has 1 aliphatic rings. The number of likely N-dealkylation sites (tertiary alicyclic amines) is 1. The van der Waals surface area contributed by atoms with E-state index in [2.05, 4.69) is 4.98 Å². The lowest BCUT2D eigenvalue weighted by Gasteiger charge is -2.25. The number of amides is 1. The van der Waals surface area contributed by atoms with Gasteiger partial charge >= 0.3 is 0 Å². The summed E-state index contributed by atoms with van der Waals surface area (Å²) in [6.07, 6.45) is 3.26. The van der Waals surface area contributed by atoms with Crippen molar-refractivity contribution >= 4 is 17.4 Å². The molecule has 0 aliphatic carbocycles. The van der Waals surface area contributed by atoms with Crippen LogP contribution in [0.4, 0.5) is 0 Å². The van der Waals surface area contributed by atoms with Crippen LogP contribution in [0, 0.1) is 0 Å². The fourth-order valence-electron chi connectivity index (χ4n) is 3.79. The van der Waals surface area contributed by atoms with Crippen LogP contribution in [0.1, 0.15) is 22.7 Å². The molecular weight excluding hydrogens is 408 g/mol. The van der Waals surface area contributed by atoms with Crippen LogP contribution in [0.15, 0.2) is 78.6 Å². The number of Topliss-reactive ketones (excluding diaryl/α,β-unsaturated/α-hetero) is 1. The van der Waals surface area contributed by atoms with Gasteiger partial charge in [-0.25, -0.2) is 0 Å². The number of nitrogens with zero attached hydrogens (tertiary/aromatic N) is 2. The molecule has 2 aromatic carbocycles. The van der Waals surface area contributed by atoms with Crippen molar-refractivity contribution < 1.29 is 24.2 Å². The molecule has 1 aromatic heterocycles. The van der Waals surface area contributed by atoms with Gasteiger partial charge < -0.3 is 19.5 Å². The Morgan fingerprint density at radius 2 is 1.66 bits per heavy atom. The molecule has 1 unspecified atom stereocenters. The van der Waals surface area contributed by atoms with E-state index in [4.69, 9.17) is 9.47 Å². The highest BCUT2D eigenvalue weighted by atomic mass is 16.5. The summed E-state index contributed by atoms with van der Waals surface area (Å²) in [6, 6.07) is 16.6. The second kappa shape index (κ2) is 8.93. The number of hydrogen-bond acceptors (Lipinski definition) is 6. The Morgan fingerprint density at radius 1 is 0.969 bits per heavy atom. The van der Waals surface area contributed by atoms with E-state index in [0.29, 0.717) is 22.6 Å². The Balaban J connectivity index is 1.85. The molecule has 0 radical (unpaired) electrons. The number of aliphatic hydroxyl groups is 1. The molecule has 0 saturated carbocycles. The van der Waals surface area contributed by atoms with Gasteiger partial charge in [-0.1, -0.05) is 24.3 Å². The largest absolute Gasteiger partial charge is 0.507 e. The quantitative estimate of drug-likeness (QED) is 0.364. The van der Waals surface area contributed by atoms with Crippen molar-refractivity contribution in [3.63, 3.8) is 0 Å². The summed E-state index contributed by atoms with van der Waals surface area (Å²) in [5.41, 5.74) is 1.93. The topological polar surface area (TPSA) is 89.0 Å². The predicted octanol–water partition coefficient (Wildman–Crippen LogP) is 3.72. The zero-order chi connectivity index (χ0) is 22.7. The van der Waals surface area contributed by atoms with Crippen LogP contribution >= 0.6 is 0 Å². The first-order valence-electron chi connectivity index (χ1n) is 9.99. The molecule has 0 bridgehead atoms. The van der Waals surface area contributed by atoms with E-state index >= 15 is 0 Å². The van der Waals surface area contributed by atoms with Crippen LogP contribution in [0.2, 0.25) is 0 Å². The normalized spacial score (nSPS) is 17.4. The van der Waals surface area contributed by atoms with E-state index in [9.17, 15) is 14.7 Å². The third kappa shape index (κ3) is 3.92. The van der Waals surface area contributed by atoms with Crippen LogP contribution < -0.4 is 9.47 Å². The van der Waals surface area contributed by atoms with Crippen molar-refractivity contribution in [1.29, 1.82) is 0 Å². The molecule has 32 heavy (non-hydrogen) atoms. The summed E-state index contributed by atoms with van der Waals surface area (Å²) in [5.74, 6) is -0.485. The zero-order valence-electron chi connectivity index (χ0n) is 17.7. The number of pyridine rings is 1. The van der Waals surface area contributed by atoms with E-state index in [1.807, 2.05) is 0 Å². The van der Waals surface area contributed by atoms with E-state index in [1.54, 1.807) is 80.2 Å². The highest BCUT2D eigenvalue weighted by Crippen LogP contribution is 2.40. The monoisotopic (exact) mass is 430 g/mol. The Hall–Kier alpha value is -4.13. The Labute approximate surface area is 185 Å². The number of benzene rings is 2. The van der Waals surface area contributed by atoms with Gasteiger partial charge in [0.05, 0.1) is 25.8 Å². The number of rotatable bonds is 6. The summed E-state index contributed by atoms with van der Waals surface area (Å²) in [6.45, 7) is 0.193. The van der Waals surface area contributed by atoms with Crippen LogP contribution in [-0.4, -0.2) is 40.9 Å². The number of hydrogen-bond donors (Lipinski definition) is 1. The lowest BCUT2D eigenvalue weighted by molar-refractivity contribution is -0.140. The van der Waals surface area contributed by atoms with Gasteiger partial charge in [0.2, 0.25) is 0 Å². The van der Waals surface area contributed by atoms with Crippen molar-refractivity contribution in [3.8, 4) is 11.5 Å². The molecule has 3 aromatic rings. The van der Waals surface area contributed by atoms with E-state index in [1.165, 1.54) is 12.0 Å². The first-order valence-corrected chi connectivity index (χ1v) is 9.99. The van der Waals surface area contributed by atoms with Crippen LogP contribution in [0.5, 0.6) is 11.5 Å². The molecule has 1 N–H and O–H groups in total. The molecule has 7 nitrogen and oxygen atoms in total. The second-order valence-corrected chi connectivity index (χ2v) is 7.29. The van der Waals surface area contributed by atoms with Crippen molar-refractivity contribution in [3.05, 3.63) is 95.3 Å². The van der Waals surface area contributed by atoms with E-state index < -0.39 is 17.7 Å². The third-order valence-corrected chi connectivity index (χ3v) is 5.42. The minimum Gasteiger partial charge on any atom is -0.507 e. The number of carbonyl (C=O) groups is 2. The van der Waals surface area contributed by atoms with Gasteiger partial charge in [0.15, 0.2) is 0 Å². The van der Waals surface area contributed by atoms with Gasteiger partial charge in [0.1, 0.15) is 17.3 Å². The lowest BCUT2D eigenvalue weighted by Crippen LogP contribution is -2.29. The summed E-state index contributed by atoms with van der Waals surface area (Å²) >= 11 is 0. The highest BCUT2D eigenvalue weighted by Gasteiger charge is 2.46. The van der Waals surface area contributed by atoms with E-state index in [0.717, 1.165) is 5.56 Å². The molecule has 1 aliphatic heterocycles. The van der Waals surface area contributed by atoms with Gasteiger partial charge in [-0.05, 0) is 47.5 Å². The maximum Gasteiger partial charge on any atom is 0.295 e. The summed E-state index contributed by atoms with van der Waals surface area (Å²) in [7, 11) is 3.08. The Morgan fingerprint density at radius 3 is 2.31 bits per heavy atom. The van der Waals surface area contributed by atoms with Crippen molar-refractivity contribution in [2.45, 2.75) is 12.6 Å². The summed E-state index contributed by atoms with van der Waals surface area (Å²) < 4.78 is 10.5. The Kier molecular flexibility index (Phi) is 5.89. The molecular formula is C25H22N2O5. The van der Waals surface area contributed by atoms with Gasteiger partial charge in [-0.3, -0.25) is 14.6 Å². The molecule has 0 spiro atoms. The van der Waals surface area contributed by atoms with Crippen molar-refractivity contribution in [2.24, 2.45) is 0 Å². The highest BCUT2D eigenvalue weighted by molar-refractivity contribution is 6.46. The first kappa shape index (κ1) is 21.1. The second-order valence-electron chi connectivity index (χ2n) is 7.29. The SMILES string of the molecule is COc1ccc(C2C(=C(O)c3cccc(OC)c3)C(=O)C(=O)N2Cc2ccncc2)cc1. The number of ketones is 1. The van der Waals surface area contributed by atoms with Crippen LogP contribution in [-0.2, 0) is 16.1 Å². The number of carbonyl (C=O) groups excluding carboxylic acids is 2. The molecule has 162 valence electrons.